The summed E-state index contributed by atoms with van der Waals surface area (Å²) < 4.78 is 0. The first-order valence-corrected chi connectivity index (χ1v) is 8.23. The minimum absolute atomic E-state index is 0.0705. The normalized spacial score (nSPS) is 19.7. The molecule has 2 N–H and O–H groups in total. The fraction of sp³-hybridized carbons (Fsp3) is 0.300. The van der Waals surface area contributed by atoms with Crippen LogP contribution in [-0.2, 0) is 11.3 Å². The van der Waals surface area contributed by atoms with Crippen LogP contribution in [0.3, 0.4) is 0 Å². The second kappa shape index (κ2) is 7.29. The van der Waals surface area contributed by atoms with E-state index in [1.165, 1.54) is 0 Å². The van der Waals surface area contributed by atoms with Gasteiger partial charge in [-0.15, -0.1) is 0 Å². The van der Waals surface area contributed by atoms with Crippen LogP contribution in [0.4, 0.5) is 0 Å². The third-order valence-corrected chi connectivity index (χ3v) is 4.60. The SMILES string of the molecule is N#Cc1ccccc1-c1ccc(CNC(=O)C2CCCC2O)cc1. The smallest absolute Gasteiger partial charge is 0.225 e. The first-order chi connectivity index (χ1) is 11.7. The van der Waals surface area contributed by atoms with Crippen molar-refractivity contribution in [3.8, 4) is 17.2 Å². The quantitative estimate of drug-likeness (QED) is 0.909. The van der Waals surface area contributed by atoms with Gasteiger partial charge >= 0.3 is 0 Å². The van der Waals surface area contributed by atoms with Gasteiger partial charge in [-0.2, -0.15) is 5.26 Å². The predicted molar refractivity (Wildman–Crippen MR) is 91.8 cm³/mol. The molecular weight excluding hydrogens is 300 g/mol. The molecule has 0 aliphatic heterocycles. The number of nitriles is 1. The van der Waals surface area contributed by atoms with Crippen molar-refractivity contribution < 1.29 is 9.90 Å². The highest BCUT2D eigenvalue weighted by Crippen LogP contribution is 2.26. The average Bonchev–Trinajstić information content (AvgIpc) is 3.06. The number of hydrogen-bond acceptors (Lipinski definition) is 3. The summed E-state index contributed by atoms with van der Waals surface area (Å²) in [4.78, 5) is 12.1. The van der Waals surface area contributed by atoms with Crippen molar-refractivity contribution in [2.45, 2.75) is 31.9 Å². The number of carbonyl (C=O) groups excluding carboxylic acids is 1. The molecule has 0 bridgehead atoms. The van der Waals surface area contributed by atoms with E-state index in [9.17, 15) is 15.2 Å². The van der Waals surface area contributed by atoms with Crippen LogP contribution in [0, 0.1) is 17.2 Å². The number of amides is 1. The molecule has 2 unspecified atom stereocenters. The van der Waals surface area contributed by atoms with Crippen molar-refractivity contribution in [3.05, 3.63) is 59.7 Å². The summed E-state index contributed by atoms with van der Waals surface area (Å²) >= 11 is 0. The number of aliphatic hydroxyl groups is 1. The summed E-state index contributed by atoms with van der Waals surface area (Å²) in [6.45, 7) is 0.447. The van der Waals surface area contributed by atoms with Crippen LogP contribution >= 0.6 is 0 Å². The highest BCUT2D eigenvalue weighted by molar-refractivity contribution is 5.79. The number of aliphatic hydroxyl groups excluding tert-OH is 1. The summed E-state index contributed by atoms with van der Waals surface area (Å²) in [6, 6.07) is 17.5. The molecule has 24 heavy (non-hydrogen) atoms. The van der Waals surface area contributed by atoms with Crippen LogP contribution in [0.1, 0.15) is 30.4 Å². The molecule has 0 heterocycles. The Morgan fingerprint density at radius 2 is 1.92 bits per heavy atom. The molecule has 1 amide bonds. The van der Waals surface area contributed by atoms with Crippen molar-refractivity contribution in [1.29, 1.82) is 5.26 Å². The first kappa shape index (κ1) is 16.2. The predicted octanol–water partition coefficient (Wildman–Crippen LogP) is 3.00. The zero-order valence-corrected chi connectivity index (χ0v) is 13.4. The lowest BCUT2D eigenvalue weighted by atomic mass is 9.99. The second-order valence-electron chi connectivity index (χ2n) is 6.18. The van der Waals surface area contributed by atoms with Crippen molar-refractivity contribution in [2.24, 2.45) is 5.92 Å². The summed E-state index contributed by atoms with van der Waals surface area (Å²) in [5, 5.41) is 21.9. The molecule has 1 aliphatic carbocycles. The topological polar surface area (TPSA) is 73.1 Å². The Hall–Kier alpha value is -2.64. The van der Waals surface area contributed by atoms with Crippen molar-refractivity contribution >= 4 is 5.91 Å². The van der Waals surface area contributed by atoms with Crippen LogP contribution in [0.15, 0.2) is 48.5 Å². The van der Waals surface area contributed by atoms with Crippen LogP contribution in [0.5, 0.6) is 0 Å². The fourth-order valence-corrected chi connectivity index (χ4v) is 3.20. The minimum atomic E-state index is -0.505. The van der Waals surface area contributed by atoms with Gasteiger partial charge in [0.1, 0.15) is 0 Å². The van der Waals surface area contributed by atoms with E-state index in [1.807, 2.05) is 42.5 Å². The first-order valence-electron chi connectivity index (χ1n) is 8.23. The number of hydrogen-bond donors (Lipinski definition) is 2. The second-order valence-corrected chi connectivity index (χ2v) is 6.18. The molecule has 1 saturated carbocycles. The minimum Gasteiger partial charge on any atom is -0.392 e. The third-order valence-electron chi connectivity index (χ3n) is 4.60. The maximum Gasteiger partial charge on any atom is 0.225 e. The van der Waals surface area contributed by atoms with Crippen LogP contribution < -0.4 is 5.32 Å². The van der Waals surface area contributed by atoms with Gasteiger partial charge in [0.15, 0.2) is 0 Å². The summed E-state index contributed by atoms with van der Waals surface area (Å²) in [5.41, 5.74) is 3.53. The van der Waals surface area contributed by atoms with Crippen LogP contribution in [-0.4, -0.2) is 17.1 Å². The Morgan fingerprint density at radius 3 is 2.58 bits per heavy atom. The molecule has 1 aliphatic rings. The van der Waals surface area contributed by atoms with E-state index < -0.39 is 6.10 Å². The molecular formula is C20H20N2O2. The molecule has 0 radical (unpaired) electrons. The van der Waals surface area contributed by atoms with Gasteiger partial charge in [-0.05, 0) is 42.0 Å². The summed E-state index contributed by atoms with van der Waals surface area (Å²) in [6.07, 6.45) is 1.88. The number of benzene rings is 2. The zero-order chi connectivity index (χ0) is 16.9. The average molecular weight is 320 g/mol. The zero-order valence-electron chi connectivity index (χ0n) is 13.4. The summed E-state index contributed by atoms with van der Waals surface area (Å²) in [5.74, 6) is -0.342. The van der Waals surface area contributed by atoms with E-state index >= 15 is 0 Å². The largest absolute Gasteiger partial charge is 0.392 e. The molecule has 4 heteroatoms. The number of nitrogens with one attached hydrogen (secondary N) is 1. The number of carbonyl (C=O) groups is 1. The van der Waals surface area contributed by atoms with Crippen LogP contribution in [0.2, 0.25) is 0 Å². The van der Waals surface area contributed by atoms with Gasteiger partial charge in [0.05, 0.1) is 23.7 Å². The van der Waals surface area contributed by atoms with Gasteiger partial charge in [0, 0.05) is 6.54 Å². The Bertz CT molecular complexity index is 762. The van der Waals surface area contributed by atoms with Crippen molar-refractivity contribution in [3.63, 3.8) is 0 Å². The molecule has 2 atom stereocenters. The van der Waals surface area contributed by atoms with E-state index in [0.717, 1.165) is 29.5 Å². The molecule has 1 fully saturated rings. The molecule has 122 valence electrons. The van der Waals surface area contributed by atoms with Crippen molar-refractivity contribution in [1.82, 2.24) is 5.32 Å². The van der Waals surface area contributed by atoms with E-state index in [2.05, 4.69) is 11.4 Å². The molecule has 0 saturated heterocycles. The van der Waals surface area contributed by atoms with Gasteiger partial charge in [-0.3, -0.25) is 4.79 Å². The lowest BCUT2D eigenvalue weighted by molar-refractivity contribution is -0.127. The van der Waals surface area contributed by atoms with Gasteiger partial charge in [-0.25, -0.2) is 0 Å². The fourth-order valence-electron chi connectivity index (χ4n) is 3.20. The van der Waals surface area contributed by atoms with Gasteiger partial charge in [0.2, 0.25) is 5.91 Å². The molecule has 2 aromatic rings. The Kier molecular flexibility index (Phi) is 4.93. The molecule has 2 aromatic carbocycles. The van der Waals surface area contributed by atoms with Crippen LogP contribution in [0.25, 0.3) is 11.1 Å². The Labute approximate surface area is 141 Å². The molecule has 4 nitrogen and oxygen atoms in total. The highest BCUT2D eigenvalue weighted by atomic mass is 16.3. The van der Waals surface area contributed by atoms with E-state index in [0.29, 0.717) is 18.5 Å². The maximum atomic E-state index is 12.1. The van der Waals surface area contributed by atoms with E-state index in [1.54, 1.807) is 6.07 Å². The van der Waals surface area contributed by atoms with Gasteiger partial charge < -0.3 is 10.4 Å². The monoisotopic (exact) mass is 320 g/mol. The maximum absolute atomic E-state index is 12.1. The van der Waals surface area contributed by atoms with Crippen molar-refractivity contribution in [2.75, 3.05) is 0 Å². The van der Waals surface area contributed by atoms with Gasteiger partial charge in [-0.1, -0.05) is 42.5 Å². The highest BCUT2D eigenvalue weighted by Gasteiger charge is 2.31. The Morgan fingerprint density at radius 1 is 1.17 bits per heavy atom. The lowest BCUT2D eigenvalue weighted by Crippen LogP contribution is -2.34. The Balaban J connectivity index is 1.65. The number of nitrogens with zero attached hydrogens (tertiary/aromatic N) is 1. The molecule has 3 rings (SSSR count). The summed E-state index contributed by atoms with van der Waals surface area (Å²) in [7, 11) is 0. The third kappa shape index (κ3) is 3.47. The molecule has 0 aromatic heterocycles. The molecule has 0 spiro atoms. The standard InChI is InChI=1S/C20H20N2O2/c21-12-16-4-1-2-5-17(16)15-10-8-14(9-11-15)13-22-20(24)18-6-3-7-19(18)23/h1-2,4-5,8-11,18-19,23H,3,6-7,13H2,(H,22,24). The van der Waals surface area contributed by atoms with E-state index in [4.69, 9.17) is 0 Å². The number of rotatable bonds is 4. The van der Waals surface area contributed by atoms with E-state index in [-0.39, 0.29) is 11.8 Å². The van der Waals surface area contributed by atoms with Gasteiger partial charge in [0.25, 0.3) is 0 Å². The lowest BCUT2D eigenvalue weighted by Gasteiger charge is -2.14.